The second-order valence-corrected chi connectivity index (χ2v) is 4.22. The van der Waals surface area contributed by atoms with Gasteiger partial charge >= 0.3 is 0 Å². The van der Waals surface area contributed by atoms with E-state index >= 15 is 0 Å². The Labute approximate surface area is 93.2 Å². The molecule has 0 bridgehead atoms. The van der Waals surface area contributed by atoms with Crippen LogP contribution in [0.3, 0.4) is 0 Å². The van der Waals surface area contributed by atoms with Gasteiger partial charge in [0.05, 0.1) is 10.1 Å². The van der Waals surface area contributed by atoms with Crippen LogP contribution >= 0.6 is 23.2 Å². The van der Waals surface area contributed by atoms with Crippen LogP contribution in [0.25, 0.3) is 0 Å². The summed E-state index contributed by atoms with van der Waals surface area (Å²) in [4.78, 5) is 11.2. The molecule has 0 aromatic carbocycles. The minimum atomic E-state index is -1.15. The second kappa shape index (κ2) is 4.47. The van der Waals surface area contributed by atoms with Crippen molar-refractivity contribution in [2.24, 2.45) is 0 Å². The first-order valence-corrected chi connectivity index (χ1v) is 5.28. The Morgan fingerprint density at radius 2 is 1.86 bits per heavy atom. The van der Waals surface area contributed by atoms with Gasteiger partial charge in [-0.25, -0.2) is 0 Å². The van der Waals surface area contributed by atoms with E-state index in [1.54, 1.807) is 0 Å². The summed E-state index contributed by atoms with van der Waals surface area (Å²) in [6, 6.07) is 0. The first kappa shape index (κ1) is 11.8. The van der Waals surface area contributed by atoms with Gasteiger partial charge in [0.15, 0.2) is 0 Å². The third-order valence-electron chi connectivity index (χ3n) is 2.12. The number of unbranched alkanes of at least 4 members (excludes halogenated alkanes) is 1. The van der Waals surface area contributed by atoms with Crippen molar-refractivity contribution in [2.75, 3.05) is 0 Å². The SMILES string of the molecule is CCCCC1(O)C=C(Cl)C(=O)C(Cl)=C1. The number of ketones is 1. The fourth-order valence-electron chi connectivity index (χ4n) is 1.33. The zero-order valence-corrected chi connectivity index (χ0v) is 9.40. The van der Waals surface area contributed by atoms with Crippen LogP contribution in [0.4, 0.5) is 0 Å². The van der Waals surface area contributed by atoms with Crippen molar-refractivity contribution in [2.45, 2.75) is 31.8 Å². The van der Waals surface area contributed by atoms with Gasteiger partial charge in [-0.1, -0.05) is 43.0 Å². The van der Waals surface area contributed by atoms with Crippen molar-refractivity contribution in [1.82, 2.24) is 0 Å². The predicted octanol–water partition coefficient (Wildman–Crippen LogP) is 2.74. The quantitative estimate of drug-likeness (QED) is 0.816. The van der Waals surface area contributed by atoms with Crippen molar-refractivity contribution in [3.8, 4) is 0 Å². The van der Waals surface area contributed by atoms with Crippen molar-refractivity contribution < 1.29 is 9.90 Å². The predicted molar refractivity (Wildman–Crippen MR) is 57.4 cm³/mol. The van der Waals surface area contributed by atoms with Gasteiger partial charge in [0, 0.05) is 0 Å². The highest BCUT2D eigenvalue weighted by Gasteiger charge is 2.30. The van der Waals surface area contributed by atoms with Crippen LogP contribution in [0.1, 0.15) is 26.2 Å². The van der Waals surface area contributed by atoms with Crippen molar-refractivity contribution in [3.63, 3.8) is 0 Å². The molecule has 1 aliphatic rings. The van der Waals surface area contributed by atoms with E-state index in [0.717, 1.165) is 12.8 Å². The molecule has 0 atom stereocenters. The molecule has 0 heterocycles. The minimum Gasteiger partial charge on any atom is -0.382 e. The average Bonchev–Trinajstić information content (AvgIpc) is 2.11. The maximum absolute atomic E-state index is 11.2. The van der Waals surface area contributed by atoms with Crippen LogP contribution in [0.2, 0.25) is 0 Å². The largest absolute Gasteiger partial charge is 0.382 e. The Bertz CT molecular complexity index is 283. The highest BCUT2D eigenvalue weighted by molar-refractivity contribution is 6.55. The average molecular weight is 235 g/mol. The lowest BCUT2D eigenvalue weighted by Crippen LogP contribution is -2.28. The number of allylic oxidation sites excluding steroid dienone is 2. The monoisotopic (exact) mass is 234 g/mol. The summed E-state index contributed by atoms with van der Waals surface area (Å²) >= 11 is 11.3. The maximum Gasteiger partial charge on any atom is 0.215 e. The highest BCUT2D eigenvalue weighted by atomic mass is 35.5. The minimum absolute atomic E-state index is 0.00361. The lowest BCUT2D eigenvalue weighted by molar-refractivity contribution is -0.111. The Balaban J connectivity index is 2.85. The van der Waals surface area contributed by atoms with Gasteiger partial charge in [0.1, 0.15) is 5.60 Å². The molecular formula is C10H12Cl2O2. The van der Waals surface area contributed by atoms with E-state index in [4.69, 9.17) is 23.2 Å². The van der Waals surface area contributed by atoms with Crippen molar-refractivity contribution in [3.05, 3.63) is 22.2 Å². The molecular weight excluding hydrogens is 223 g/mol. The molecule has 0 saturated heterocycles. The molecule has 1 N–H and O–H groups in total. The summed E-state index contributed by atoms with van der Waals surface area (Å²) in [7, 11) is 0. The summed E-state index contributed by atoms with van der Waals surface area (Å²) in [6.07, 6.45) is 5.07. The third kappa shape index (κ3) is 2.59. The molecule has 0 saturated carbocycles. The van der Waals surface area contributed by atoms with E-state index < -0.39 is 11.4 Å². The third-order valence-corrected chi connectivity index (χ3v) is 2.68. The van der Waals surface area contributed by atoms with E-state index in [1.807, 2.05) is 6.92 Å². The molecule has 0 amide bonds. The number of rotatable bonds is 3. The molecule has 0 spiro atoms. The standard InChI is InChI=1S/C10H12Cl2O2/c1-2-3-4-10(14)5-7(11)9(13)8(12)6-10/h5-6,14H,2-4H2,1H3. The Morgan fingerprint density at radius 3 is 2.29 bits per heavy atom. The van der Waals surface area contributed by atoms with E-state index in [-0.39, 0.29) is 10.1 Å². The smallest absolute Gasteiger partial charge is 0.215 e. The van der Waals surface area contributed by atoms with Gasteiger partial charge in [0.2, 0.25) is 5.78 Å². The maximum atomic E-state index is 11.2. The first-order valence-electron chi connectivity index (χ1n) is 4.52. The van der Waals surface area contributed by atoms with Crippen LogP contribution in [0, 0.1) is 0 Å². The van der Waals surface area contributed by atoms with Crippen LogP contribution in [0.15, 0.2) is 22.2 Å². The van der Waals surface area contributed by atoms with Gasteiger partial charge in [0.25, 0.3) is 0 Å². The molecule has 2 nitrogen and oxygen atoms in total. The van der Waals surface area contributed by atoms with Gasteiger partial charge in [-0.3, -0.25) is 4.79 Å². The lowest BCUT2D eigenvalue weighted by atomic mass is 9.92. The van der Waals surface area contributed by atoms with Crippen LogP contribution < -0.4 is 0 Å². The number of hydrogen-bond donors (Lipinski definition) is 1. The summed E-state index contributed by atoms with van der Waals surface area (Å²) < 4.78 is 0. The molecule has 0 aliphatic heterocycles. The van der Waals surface area contributed by atoms with Gasteiger partial charge in [-0.2, -0.15) is 0 Å². The number of carbonyl (C=O) groups excluding carboxylic acids is 1. The molecule has 0 aromatic heterocycles. The topological polar surface area (TPSA) is 37.3 Å². The van der Waals surface area contributed by atoms with Crippen LogP contribution in [-0.2, 0) is 4.79 Å². The summed E-state index contributed by atoms with van der Waals surface area (Å²) in [6.45, 7) is 2.02. The molecule has 4 heteroatoms. The molecule has 14 heavy (non-hydrogen) atoms. The Kier molecular flexibility index (Phi) is 3.76. The number of halogens is 2. The molecule has 0 radical (unpaired) electrons. The molecule has 0 fully saturated rings. The zero-order chi connectivity index (χ0) is 10.8. The number of aliphatic hydroxyl groups is 1. The highest BCUT2D eigenvalue weighted by Crippen LogP contribution is 2.30. The fourth-order valence-corrected chi connectivity index (χ4v) is 1.96. The van der Waals surface area contributed by atoms with Crippen molar-refractivity contribution in [1.29, 1.82) is 0 Å². The second-order valence-electron chi connectivity index (χ2n) is 3.41. The number of hydrogen-bond acceptors (Lipinski definition) is 2. The summed E-state index contributed by atoms with van der Waals surface area (Å²) in [5.41, 5.74) is -1.15. The van der Waals surface area contributed by atoms with Gasteiger partial charge in [-0.05, 0) is 18.6 Å². The molecule has 1 aliphatic carbocycles. The van der Waals surface area contributed by atoms with E-state index in [0.29, 0.717) is 6.42 Å². The van der Waals surface area contributed by atoms with Crippen LogP contribution in [-0.4, -0.2) is 16.5 Å². The van der Waals surface area contributed by atoms with Gasteiger partial charge < -0.3 is 5.11 Å². The fraction of sp³-hybridized carbons (Fsp3) is 0.500. The molecule has 0 aromatic rings. The van der Waals surface area contributed by atoms with E-state index in [9.17, 15) is 9.90 Å². The molecule has 1 rings (SSSR count). The summed E-state index contributed by atoms with van der Waals surface area (Å²) in [5, 5.41) is 9.98. The van der Waals surface area contributed by atoms with Crippen LogP contribution in [0.5, 0.6) is 0 Å². The van der Waals surface area contributed by atoms with E-state index in [2.05, 4.69) is 0 Å². The Hall–Kier alpha value is -0.310. The molecule has 78 valence electrons. The summed E-state index contributed by atoms with van der Waals surface area (Å²) in [5.74, 6) is -0.422. The van der Waals surface area contributed by atoms with Crippen molar-refractivity contribution >= 4 is 29.0 Å². The number of Topliss-reactive ketones (excluding diaryl/α,β-unsaturated/α-hetero) is 1. The molecule has 0 unspecified atom stereocenters. The zero-order valence-electron chi connectivity index (χ0n) is 7.89. The lowest BCUT2D eigenvalue weighted by Gasteiger charge is -2.24. The Morgan fingerprint density at radius 1 is 1.36 bits per heavy atom. The van der Waals surface area contributed by atoms with E-state index in [1.165, 1.54) is 12.2 Å². The first-order chi connectivity index (χ1) is 6.48. The van der Waals surface area contributed by atoms with Gasteiger partial charge in [-0.15, -0.1) is 0 Å². The number of carbonyl (C=O) groups is 1. The normalized spacial score (nSPS) is 20.4.